The molecule has 2 aliphatic heterocycles. The van der Waals surface area contributed by atoms with Gasteiger partial charge >= 0.3 is 5.97 Å². The van der Waals surface area contributed by atoms with E-state index in [9.17, 15) is 18.3 Å². The lowest BCUT2D eigenvalue weighted by Gasteiger charge is -2.22. The van der Waals surface area contributed by atoms with Crippen LogP contribution in [0.1, 0.15) is 31.2 Å². The Hall–Kier alpha value is -1.44. The summed E-state index contributed by atoms with van der Waals surface area (Å²) in [7, 11) is -3.42. The first-order valence-electron chi connectivity index (χ1n) is 8.35. The minimum absolute atomic E-state index is 0.0150. The van der Waals surface area contributed by atoms with Crippen LogP contribution in [0.3, 0.4) is 0 Å². The molecule has 3 unspecified atom stereocenters. The van der Waals surface area contributed by atoms with Crippen molar-refractivity contribution in [1.29, 1.82) is 0 Å². The third-order valence-electron chi connectivity index (χ3n) is 4.91. The molecule has 7 heteroatoms. The highest BCUT2D eigenvalue weighted by molar-refractivity contribution is 7.89. The second kappa shape index (κ2) is 7.21. The van der Waals surface area contributed by atoms with E-state index in [-0.39, 0.29) is 17.8 Å². The number of carboxylic acid groups (broad SMARTS) is 1. The Labute approximate surface area is 142 Å². The summed E-state index contributed by atoms with van der Waals surface area (Å²) in [5.74, 6) is -1.41. The van der Waals surface area contributed by atoms with E-state index in [0.29, 0.717) is 32.5 Å². The summed E-state index contributed by atoms with van der Waals surface area (Å²) >= 11 is 0. The number of carboxylic acids is 1. The van der Waals surface area contributed by atoms with Crippen molar-refractivity contribution in [1.82, 2.24) is 4.31 Å². The molecule has 1 N–H and O–H groups in total. The molecule has 2 aliphatic rings. The largest absolute Gasteiger partial charge is 0.481 e. The van der Waals surface area contributed by atoms with E-state index in [1.54, 1.807) is 0 Å². The monoisotopic (exact) mass is 353 g/mol. The lowest BCUT2D eigenvalue weighted by Crippen LogP contribution is -2.39. The number of hydrogen-bond acceptors (Lipinski definition) is 4. The summed E-state index contributed by atoms with van der Waals surface area (Å²) in [6, 6.07) is 9.24. The van der Waals surface area contributed by atoms with E-state index < -0.39 is 21.9 Å². The van der Waals surface area contributed by atoms with Crippen LogP contribution in [0.25, 0.3) is 0 Å². The van der Waals surface area contributed by atoms with Crippen molar-refractivity contribution in [3.8, 4) is 0 Å². The van der Waals surface area contributed by atoms with Crippen molar-refractivity contribution < 1.29 is 23.1 Å². The minimum atomic E-state index is -3.42. The number of fused-ring (bicyclic) bond motifs is 2. The summed E-state index contributed by atoms with van der Waals surface area (Å²) in [4.78, 5) is 11.3. The number of sulfonamides is 1. The summed E-state index contributed by atoms with van der Waals surface area (Å²) in [6.07, 6.45) is 2.30. The Kier molecular flexibility index (Phi) is 5.22. The summed E-state index contributed by atoms with van der Waals surface area (Å²) < 4.78 is 32.1. The highest BCUT2D eigenvalue weighted by Crippen LogP contribution is 2.43. The molecule has 1 aromatic carbocycles. The van der Waals surface area contributed by atoms with Gasteiger partial charge < -0.3 is 9.84 Å². The molecule has 6 nitrogen and oxygen atoms in total. The molecule has 2 bridgehead atoms. The first-order valence-corrected chi connectivity index (χ1v) is 9.95. The van der Waals surface area contributed by atoms with Gasteiger partial charge in [-0.15, -0.1) is 0 Å². The van der Waals surface area contributed by atoms with Gasteiger partial charge in [0.2, 0.25) is 10.0 Å². The fraction of sp³-hybridized carbons (Fsp3) is 0.588. The minimum Gasteiger partial charge on any atom is -0.481 e. The van der Waals surface area contributed by atoms with Crippen LogP contribution < -0.4 is 0 Å². The number of ether oxygens (including phenoxy) is 1. The molecule has 0 spiro atoms. The third kappa shape index (κ3) is 3.63. The molecule has 2 saturated heterocycles. The standard InChI is InChI=1S/C17H23NO5S/c19-17(20)15-11-14-7-8-16(15)18(14)24(21,22)10-4-9-23-12-13-5-2-1-3-6-13/h1-3,5-6,14-16H,4,7-12H2,(H,19,20). The summed E-state index contributed by atoms with van der Waals surface area (Å²) in [6.45, 7) is 0.844. The first kappa shape index (κ1) is 17.4. The molecule has 0 aromatic heterocycles. The highest BCUT2D eigenvalue weighted by atomic mass is 32.2. The Balaban J connectivity index is 1.47. The first-order chi connectivity index (χ1) is 11.5. The van der Waals surface area contributed by atoms with Gasteiger partial charge in [-0.25, -0.2) is 8.42 Å². The Morgan fingerprint density at radius 2 is 2.00 bits per heavy atom. The number of benzene rings is 1. The van der Waals surface area contributed by atoms with E-state index in [2.05, 4.69) is 0 Å². The average Bonchev–Trinajstić information content (AvgIpc) is 3.14. The third-order valence-corrected chi connectivity index (χ3v) is 6.93. The van der Waals surface area contributed by atoms with E-state index >= 15 is 0 Å². The van der Waals surface area contributed by atoms with Gasteiger partial charge in [-0.1, -0.05) is 30.3 Å². The van der Waals surface area contributed by atoms with Crippen LogP contribution in [0.2, 0.25) is 0 Å². The van der Waals surface area contributed by atoms with E-state index in [0.717, 1.165) is 12.0 Å². The number of carbonyl (C=O) groups is 1. The zero-order valence-corrected chi connectivity index (χ0v) is 14.3. The molecule has 132 valence electrons. The van der Waals surface area contributed by atoms with E-state index in [1.807, 2.05) is 30.3 Å². The van der Waals surface area contributed by atoms with Crippen LogP contribution in [0, 0.1) is 5.92 Å². The predicted octanol–water partition coefficient (Wildman–Crippen LogP) is 1.86. The molecule has 1 aromatic rings. The maximum Gasteiger partial charge on any atom is 0.308 e. The molecule has 2 fully saturated rings. The van der Waals surface area contributed by atoms with Crippen LogP contribution in [0.15, 0.2) is 30.3 Å². The normalized spacial score (nSPS) is 26.8. The fourth-order valence-electron chi connectivity index (χ4n) is 3.85. The molecule has 3 atom stereocenters. The SMILES string of the molecule is O=C(O)C1CC2CCC1N2S(=O)(=O)CCCOCc1ccccc1. The van der Waals surface area contributed by atoms with Crippen LogP contribution in [0.5, 0.6) is 0 Å². The van der Waals surface area contributed by atoms with Gasteiger partial charge in [-0.3, -0.25) is 4.79 Å². The Morgan fingerprint density at radius 3 is 2.67 bits per heavy atom. The Morgan fingerprint density at radius 1 is 1.25 bits per heavy atom. The van der Waals surface area contributed by atoms with Crippen LogP contribution in [-0.2, 0) is 26.2 Å². The van der Waals surface area contributed by atoms with Crippen molar-refractivity contribution in [3.05, 3.63) is 35.9 Å². The molecule has 0 amide bonds. The van der Waals surface area contributed by atoms with Gasteiger partial charge in [0.1, 0.15) is 0 Å². The maximum atomic E-state index is 12.6. The van der Waals surface area contributed by atoms with Crippen molar-refractivity contribution in [3.63, 3.8) is 0 Å². The quantitative estimate of drug-likeness (QED) is 0.721. The molecule has 0 saturated carbocycles. The van der Waals surface area contributed by atoms with E-state index in [4.69, 9.17) is 4.74 Å². The molecule has 3 rings (SSSR count). The number of nitrogens with zero attached hydrogens (tertiary/aromatic N) is 1. The summed E-state index contributed by atoms with van der Waals surface area (Å²) in [5.41, 5.74) is 1.06. The summed E-state index contributed by atoms with van der Waals surface area (Å²) in [5, 5.41) is 9.23. The molecule has 0 radical (unpaired) electrons. The Bertz CT molecular complexity index is 675. The van der Waals surface area contributed by atoms with Gasteiger partial charge in [0.25, 0.3) is 0 Å². The maximum absolute atomic E-state index is 12.6. The van der Waals surface area contributed by atoms with E-state index in [1.165, 1.54) is 4.31 Å². The molecule has 0 aliphatic carbocycles. The second-order valence-electron chi connectivity index (χ2n) is 6.52. The van der Waals surface area contributed by atoms with Gasteiger partial charge in [-0.2, -0.15) is 4.31 Å². The average molecular weight is 353 g/mol. The molecule has 2 heterocycles. The van der Waals surface area contributed by atoms with Crippen molar-refractivity contribution >= 4 is 16.0 Å². The zero-order valence-electron chi connectivity index (χ0n) is 13.5. The van der Waals surface area contributed by atoms with Crippen LogP contribution >= 0.6 is 0 Å². The van der Waals surface area contributed by atoms with Gasteiger partial charge in [0, 0.05) is 18.7 Å². The second-order valence-corrected chi connectivity index (χ2v) is 8.51. The number of hydrogen-bond donors (Lipinski definition) is 1. The molecular weight excluding hydrogens is 330 g/mol. The molecule has 24 heavy (non-hydrogen) atoms. The lowest BCUT2D eigenvalue weighted by atomic mass is 9.89. The number of aliphatic carboxylic acids is 1. The fourth-order valence-corrected chi connectivity index (χ4v) is 5.85. The van der Waals surface area contributed by atoms with Crippen molar-refractivity contribution in [2.75, 3.05) is 12.4 Å². The number of rotatable bonds is 8. The van der Waals surface area contributed by atoms with Gasteiger partial charge in [0.15, 0.2) is 0 Å². The van der Waals surface area contributed by atoms with Crippen LogP contribution in [0.4, 0.5) is 0 Å². The topological polar surface area (TPSA) is 83.9 Å². The predicted molar refractivity (Wildman–Crippen MR) is 88.9 cm³/mol. The lowest BCUT2D eigenvalue weighted by molar-refractivity contribution is -0.142. The van der Waals surface area contributed by atoms with Crippen molar-refractivity contribution in [2.45, 2.75) is 44.4 Å². The van der Waals surface area contributed by atoms with Crippen molar-refractivity contribution in [2.24, 2.45) is 5.92 Å². The highest BCUT2D eigenvalue weighted by Gasteiger charge is 2.53. The molecular formula is C17H23NO5S. The van der Waals surface area contributed by atoms with Gasteiger partial charge in [0.05, 0.1) is 18.3 Å². The van der Waals surface area contributed by atoms with Gasteiger partial charge in [-0.05, 0) is 31.2 Å². The van der Waals surface area contributed by atoms with Crippen LogP contribution in [-0.4, -0.2) is 48.2 Å². The zero-order chi connectivity index (χ0) is 17.2. The smallest absolute Gasteiger partial charge is 0.308 e.